The normalized spacial score (nSPS) is 10.8. The molecular weight excluding hydrogens is 293 g/mol. The molecule has 0 atom stereocenters. The fourth-order valence-corrected chi connectivity index (χ4v) is 2.16. The minimum Gasteiger partial charge on any atom is -0.370 e. The third kappa shape index (κ3) is 5.83. The second-order valence-electron chi connectivity index (χ2n) is 5.72. The van der Waals surface area contributed by atoms with E-state index >= 15 is 0 Å². The molecule has 1 heterocycles. The highest BCUT2D eigenvalue weighted by molar-refractivity contribution is 5.42. The summed E-state index contributed by atoms with van der Waals surface area (Å²) in [5.74, 6) is 1.20. The second-order valence-corrected chi connectivity index (χ2v) is 5.72. The van der Waals surface area contributed by atoms with E-state index in [1.807, 2.05) is 33.2 Å². The molecule has 2 rings (SSSR count). The van der Waals surface area contributed by atoms with Gasteiger partial charge in [-0.2, -0.15) is 4.98 Å². The molecule has 0 unspecified atom stereocenters. The minimum atomic E-state index is -0.167. The Balaban J connectivity index is 1.89. The van der Waals surface area contributed by atoms with E-state index in [1.54, 1.807) is 12.1 Å². The van der Waals surface area contributed by atoms with Gasteiger partial charge in [0.25, 0.3) is 0 Å². The molecule has 0 aliphatic carbocycles. The van der Waals surface area contributed by atoms with Gasteiger partial charge >= 0.3 is 0 Å². The van der Waals surface area contributed by atoms with Crippen molar-refractivity contribution in [2.24, 2.45) is 0 Å². The fraction of sp³-hybridized carbons (Fsp3) is 0.412. The van der Waals surface area contributed by atoms with Crippen molar-refractivity contribution in [3.05, 3.63) is 47.4 Å². The van der Waals surface area contributed by atoms with Crippen molar-refractivity contribution >= 4 is 11.8 Å². The van der Waals surface area contributed by atoms with Gasteiger partial charge in [-0.25, -0.2) is 9.37 Å². The molecule has 0 aliphatic rings. The van der Waals surface area contributed by atoms with Crippen LogP contribution in [-0.4, -0.2) is 48.6 Å². The molecule has 2 aromatic rings. The van der Waals surface area contributed by atoms with Crippen LogP contribution in [0, 0.1) is 12.7 Å². The number of aromatic nitrogens is 2. The van der Waals surface area contributed by atoms with Crippen molar-refractivity contribution in [1.82, 2.24) is 14.9 Å². The molecule has 0 amide bonds. The molecule has 23 heavy (non-hydrogen) atoms. The highest BCUT2D eigenvalue weighted by Crippen LogP contribution is 2.11. The Bertz CT molecular complexity index is 630. The topological polar surface area (TPSA) is 53.1 Å². The molecular formula is C17H24FN5. The lowest BCUT2D eigenvalue weighted by molar-refractivity contribution is 0.425. The summed E-state index contributed by atoms with van der Waals surface area (Å²) in [6.07, 6.45) is 0.610. The average Bonchev–Trinajstić information content (AvgIpc) is 2.48. The number of likely N-dealkylation sites (N-methyl/N-ethyl adjacent to an activating group) is 1. The summed E-state index contributed by atoms with van der Waals surface area (Å²) < 4.78 is 13.6. The largest absolute Gasteiger partial charge is 0.370 e. The number of hydrogen-bond donors (Lipinski definition) is 2. The van der Waals surface area contributed by atoms with Crippen molar-refractivity contribution in [2.45, 2.75) is 13.3 Å². The van der Waals surface area contributed by atoms with Crippen LogP contribution in [0.1, 0.15) is 11.3 Å². The van der Waals surface area contributed by atoms with Crippen LogP contribution in [0.4, 0.5) is 16.2 Å². The average molecular weight is 317 g/mol. The number of nitrogens with zero attached hydrogens (tertiary/aromatic N) is 3. The van der Waals surface area contributed by atoms with Gasteiger partial charge in [-0.3, -0.25) is 0 Å². The summed E-state index contributed by atoms with van der Waals surface area (Å²) in [7, 11) is 4.04. The van der Waals surface area contributed by atoms with Gasteiger partial charge in [0.15, 0.2) is 0 Å². The maximum Gasteiger partial charge on any atom is 0.224 e. The number of rotatable bonds is 8. The maximum atomic E-state index is 13.6. The first-order valence-electron chi connectivity index (χ1n) is 7.76. The number of benzene rings is 1. The van der Waals surface area contributed by atoms with E-state index in [0.717, 1.165) is 24.6 Å². The lowest BCUT2D eigenvalue weighted by atomic mass is 10.1. The molecule has 6 heteroatoms. The molecule has 2 N–H and O–H groups in total. The third-order valence-corrected chi connectivity index (χ3v) is 3.35. The Labute approximate surface area is 137 Å². The zero-order chi connectivity index (χ0) is 16.7. The summed E-state index contributed by atoms with van der Waals surface area (Å²) in [6, 6.07) is 8.72. The first kappa shape index (κ1) is 17.1. The van der Waals surface area contributed by atoms with Crippen molar-refractivity contribution in [1.29, 1.82) is 0 Å². The van der Waals surface area contributed by atoms with Gasteiger partial charge in [-0.15, -0.1) is 0 Å². The molecule has 1 aromatic heterocycles. The van der Waals surface area contributed by atoms with Crippen LogP contribution < -0.4 is 10.6 Å². The quantitative estimate of drug-likeness (QED) is 0.784. The molecule has 0 bridgehead atoms. The van der Waals surface area contributed by atoms with Gasteiger partial charge in [0.05, 0.1) is 0 Å². The summed E-state index contributed by atoms with van der Waals surface area (Å²) in [6.45, 7) is 4.24. The molecule has 124 valence electrons. The van der Waals surface area contributed by atoms with Crippen molar-refractivity contribution < 1.29 is 4.39 Å². The van der Waals surface area contributed by atoms with Gasteiger partial charge in [0.2, 0.25) is 5.95 Å². The van der Waals surface area contributed by atoms with Gasteiger partial charge in [0, 0.05) is 31.4 Å². The highest BCUT2D eigenvalue weighted by Gasteiger charge is 2.04. The van der Waals surface area contributed by atoms with E-state index in [2.05, 4.69) is 25.5 Å². The molecule has 0 aliphatic heterocycles. The van der Waals surface area contributed by atoms with Crippen LogP contribution in [-0.2, 0) is 6.42 Å². The first-order chi connectivity index (χ1) is 11.0. The summed E-state index contributed by atoms with van der Waals surface area (Å²) in [5.41, 5.74) is 1.59. The Hall–Kier alpha value is -2.21. The first-order valence-corrected chi connectivity index (χ1v) is 7.76. The standard InChI is InChI=1S/C17H24FN5/c1-13-12-16(22-17(21-13)20-10-11-23(2)3)19-9-8-14-6-4-5-7-15(14)18/h4-7,12H,8-11H2,1-3H3,(H2,19,20,21,22). The van der Waals surface area contributed by atoms with Crippen LogP contribution in [0.5, 0.6) is 0 Å². The lowest BCUT2D eigenvalue weighted by Crippen LogP contribution is -2.21. The Morgan fingerprint density at radius 2 is 1.87 bits per heavy atom. The summed E-state index contributed by atoms with van der Waals surface area (Å²) >= 11 is 0. The molecule has 1 aromatic carbocycles. The molecule has 5 nitrogen and oxygen atoms in total. The van der Waals surface area contributed by atoms with E-state index in [1.165, 1.54) is 6.07 Å². The Morgan fingerprint density at radius 1 is 1.09 bits per heavy atom. The fourth-order valence-electron chi connectivity index (χ4n) is 2.16. The number of hydrogen-bond acceptors (Lipinski definition) is 5. The van der Waals surface area contributed by atoms with E-state index in [4.69, 9.17) is 0 Å². The summed E-state index contributed by atoms with van der Waals surface area (Å²) in [4.78, 5) is 10.9. The SMILES string of the molecule is Cc1cc(NCCc2ccccc2F)nc(NCCN(C)C)n1. The van der Waals surface area contributed by atoms with Crippen molar-refractivity contribution in [2.75, 3.05) is 44.4 Å². The van der Waals surface area contributed by atoms with Crippen LogP contribution in [0.15, 0.2) is 30.3 Å². The van der Waals surface area contributed by atoms with E-state index in [-0.39, 0.29) is 5.82 Å². The van der Waals surface area contributed by atoms with Gasteiger partial charge in [-0.1, -0.05) is 18.2 Å². The Morgan fingerprint density at radius 3 is 2.61 bits per heavy atom. The predicted octanol–water partition coefficient (Wildman–Crippen LogP) is 2.55. The van der Waals surface area contributed by atoms with Gasteiger partial charge in [-0.05, 0) is 39.1 Å². The predicted molar refractivity (Wildman–Crippen MR) is 92.4 cm³/mol. The lowest BCUT2D eigenvalue weighted by Gasteiger charge is -2.12. The van der Waals surface area contributed by atoms with Crippen LogP contribution in [0.2, 0.25) is 0 Å². The highest BCUT2D eigenvalue weighted by atomic mass is 19.1. The van der Waals surface area contributed by atoms with Gasteiger partial charge < -0.3 is 15.5 Å². The molecule has 0 fully saturated rings. The van der Waals surface area contributed by atoms with Crippen LogP contribution in [0.3, 0.4) is 0 Å². The van der Waals surface area contributed by atoms with Crippen LogP contribution in [0.25, 0.3) is 0 Å². The number of nitrogens with one attached hydrogen (secondary N) is 2. The third-order valence-electron chi connectivity index (χ3n) is 3.35. The van der Waals surface area contributed by atoms with Crippen LogP contribution >= 0.6 is 0 Å². The Kier molecular flexibility index (Phi) is 6.29. The molecule has 0 radical (unpaired) electrons. The molecule has 0 saturated heterocycles. The number of aryl methyl sites for hydroxylation is 1. The second kappa shape index (κ2) is 8.43. The number of anilines is 2. The number of halogens is 1. The minimum absolute atomic E-state index is 0.167. The zero-order valence-corrected chi connectivity index (χ0v) is 13.9. The molecule has 0 spiro atoms. The van der Waals surface area contributed by atoms with E-state index in [0.29, 0.717) is 24.5 Å². The maximum absolute atomic E-state index is 13.6. The van der Waals surface area contributed by atoms with Crippen molar-refractivity contribution in [3.63, 3.8) is 0 Å². The monoisotopic (exact) mass is 317 g/mol. The smallest absolute Gasteiger partial charge is 0.224 e. The van der Waals surface area contributed by atoms with E-state index < -0.39 is 0 Å². The van der Waals surface area contributed by atoms with Crippen molar-refractivity contribution in [3.8, 4) is 0 Å². The molecule has 0 saturated carbocycles. The van der Waals surface area contributed by atoms with Gasteiger partial charge in [0.1, 0.15) is 11.6 Å². The summed E-state index contributed by atoms with van der Waals surface area (Å²) in [5, 5.41) is 6.44. The van der Waals surface area contributed by atoms with E-state index in [9.17, 15) is 4.39 Å². The zero-order valence-electron chi connectivity index (χ0n) is 13.9.